The molecule has 0 saturated heterocycles. The first-order valence-corrected chi connectivity index (χ1v) is 8.94. The second kappa shape index (κ2) is 9.10. The lowest BCUT2D eigenvalue weighted by molar-refractivity contribution is 0.102. The summed E-state index contributed by atoms with van der Waals surface area (Å²) in [5.74, 6) is 0.975. The highest BCUT2D eigenvalue weighted by Gasteiger charge is 2.12. The zero-order valence-corrected chi connectivity index (χ0v) is 16.3. The number of methoxy groups -OCH3 is 2. The van der Waals surface area contributed by atoms with E-state index in [1.165, 1.54) is 7.11 Å². The predicted molar refractivity (Wildman–Crippen MR) is 111 cm³/mol. The van der Waals surface area contributed by atoms with Crippen LogP contribution in [0.2, 0.25) is 5.02 Å². The van der Waals surface area contributed by atoms with Gasteiger partial charge in [0.05, 0.1) is 19.9 Å². The first-order chi connectivity index (χ1) is 13.6. The number of carbonyl (C=O) groups is 1. The molecule has 7 heteroatoms. The SMILES string of the molecule is COc1ccc(CNc2ccnc(C(=O)Nc3cc(Cl)ccc3OC)c2)cc1. The van der Waals surface area contributed by atoms with Crippen LogP contribution in [0.3, 0.4) is 0 Å². The van der Waals surface area contributed by atoms with Crippen LogP contribution in [0.1, 0.15) is 16.1 Å². The van der Waals surface area contributed by atoms with Gasteiger partial charge in [0.25, 0.3) is 5.91 Å². The number of carbonyl (C=O) groups excluding carboxylic acids is 1. The van der Waals surface area contributed by atoms with Crippen molar-refractivity contribution in [1.82, 2.24) is 4.98 Å². The summed E-state index contributed by atoms with van der Waals surface area (Å²) in [6.45, 7) is 0.608. The zero-order valence-electron chi connectivity index (χ0n) is 15.5. The molecule has 0 atom stereocenters. The molecule has 2 N–H and O–H groups in total. The van der Waals surface area contributed by atoms with Gasteiger partial charge in [0.2, 0.25) is 0 Å². The minimum absolute atomic E-state index is 0.279. The van der Waals surface area contributed by atoms with Gasteiger partial charge in [0.15, 0.2) is 0 Å². The maximum atomic E-state index is 12.6. The van der Waals surface area contributed by atoms with Gasteiger partial charge in [-0.2, -0.15) is 0 Å². The van der Waals surface area contributed by atoms with E-state index in [9.17, 15) is 4.79 Å². The summed E-state index contributed by atoms with van der Waals surface area (Å²) in [6, 6.07) is 16.3. The van der Waals surface area contributed by atoms with E-state index in [-0.39, 0.29) is 11.6 Å². The van der Waals surface area contributed by atoms with E-state index in [4.69, 9.17) is 21.1 Å². The van der Waals surface area contributed by atoms with Gasteiger partial charge in [0, 0.05) is 23.5 Å². The third-order valence-corrected chi connectivity index (χ3v) is 4.29. The molecule has 0 bridgehead atoms. The second-order valence-corrected chi connectivity index (χ2v) is 6.37. The van der Waals surface area contributed by atoms with E-state index in [1.54, 1.807) is 43.6 Å². The average Bonchev–Trinajstić information content (AvgIpc) is 2.73. The summed E-state index contributed by atoms with van der Waals surface area (Å²) in [7, 11) is 3.16. The monoisotopic (exact) mass is 397 g/mol. The van der Waals surface area contributed by atoms with E-state index < -0.39 is 0 Å². The van der Waals surface area contributed by atoms with Gasteiger partial charge in [-0.3, -0.25) is 9.78 Å². The molecular formula is C21H20ClN3O3. The van der Waals surface area contributed by atoms with E-state index in [0.717, 1.165) is 17.0 Å². The fraction of sp³-hybridized carbons (Fsp3) is 0.143. The predicted octanol–water partition coefficient (Wildman–Crippen LogP) is 4.62. The Balaban J connectivity index is 1.68. The Morgan fingerprint density at radius 2 is 1.82 bits per heavy atom. The molecule has 0 spiro atoms. The largest absolute Gasteiger partial charge is 0.497 e. The Labute approximate surface area is 168 Å². The maximum absolute atomic E-state index is 12.6. The number of rotatable bonds is 7. The number of nitrogens with zero attached hydrogens (tertiary/aromatic N) is 1. The van der Waals surface area contributed by atoms with Crippen molar-refractivity contribution in [2.75, 3.05) is 24.9 Å². The van der Waals surface area contributed by atoms with E-state index in [1.807, 2.05) is 24.3 Å². The topological polar surface area (TPSA) is 72.5 Å². The van der Waals surface area contributed by atoms with Crippen LogP contribution in [0.15, 0.2) is 60.8 Å². The van der Waals surface area contributed by atoms with Gasteiger partial charge < -0.3 is 20.1 Å². The highest BCUT2D eigenvalue weighted by Crippen LogP contribution is 2.28. The van der Waals surface area contributed by atoms with Crippen molar-refractivity contribution in [3.63, 3.8) is 0 Å². The lowest BCUT2D eigenvalue weighted by Crippen LogP contribution is -2.14. The minimum atomic E-state index is -0.353. The van der Waals surface area contributed by atoms with Crippen molar-refractivity contribution in [3.8, 4) is 11.5 Å². The molecule has 0 unspecified atom stereocenters. The second-order valence-electron chi connectivity index (χ2n) is 5.93. The first kappa shape index (κ1) is 19.5. The number of halogens is 1. The molecule has 1 aromatic heterocycles. The van der Waals surface area contributed by atoms with Crippen molar-refractivity contribution >= 4 is 28.9 Å². The number of anilines is 2. The fourth-order valence-corrected chi connectivity index (χ4v) is 2.75. The van der Waals surface area contributed by atoms with Crippen LogP contribution in [-0.4, -0.2) is 25.1 Å². The molecule has 3 rings (SSSR count). The van der Waals surface area contributed by atoms with E-state index >= 15 is 0 Å². The highest BCUT2D eigenvalue weighted by molar-refractivity contribution is 6.31. The summed E-state index contributed by atoms with van der Waals surface area (Å²) in [5, 5.41) is 6.56. The molecule has 0 aliphatic rings. The van der Waals surface area contributed by atoms with Crippen molar-refractivity contribution in [2.45, 2.75) is 6.54 Å². The number of amides is 1. The molecule has 1 amide bonds. The number of pyridine rings is 1. The standard InChI is InChI=1S/C21H20ClN3O3/c1-27-17-6-3-14(4-7-17)13-24-16-9-10-23-19(12-16)21(26)25-18-11-15(22)5-8-20(18)28-2/h3-12H,13H2,1-2H3,(H,23,24)(H,25,26). The average molecular weight is 398 g/mol. The van der Waals surface area contributed by atoms with Gasteiger partial charge in [0.1, 0.15) is 17.2 Å². The normalized spacial score (nSPS) is 10.2. The molecular weight excluding hydrogens is 378 g/mol. The molecule has 3 aromatic rings. The van der Waals surface area contributed by atoms with Gasteiger partial charge in [-0.1, -0.05) is 23.7 Å². The Morgan fingerprint density at radius 1 is 1.04 bits per heavy atom. The number of ether oxygens (including phenoxy) is 2. The van der Waals surface area contributed by atoms with E-state index in [2.05, 4.69) is 15.6 Å². The lowest BCUT2D eigenvalue weighted by Gasteiger charge is -2.11. The number of aromatic nitrogens is 1. The highest BCUT2D eigenvalue weighted by atomic mass is 35.5. The quantitative estimate of drug-likeness (QED) is 0.608. The molecule has 0 fully saturated rings. The molecule has 28 heavy (non-hydrogen) atoms. The third kappa shape index (κ3) is 4.92. The molecule has 144 valence electrons. The molecule has 2 aromatic carbocycles. The van der Waals surface area contributed by atoms with Gasteiger partial charge in [-0.15, -0.1) is 0 Å². The summed E-state index contributed by atoms with van der Waals surface area (Å²) in [5.41, 5.74) is 2.64. The van der Waals surface area contributed by atoms with Crippen molar-refractivity contribution in [3.05, 3.63) is 77.1 Å². The number of hydrogen-bond donors (Lipinski definition) is 2. The Morgan fingerprint density at radius 3 is 2.54 bits per heavy atom. The molecule has 0 radical (unpaired) electrons. The Hall–Kier alpha value is -3.25. The third-order valence-electron chi connectivity index (χ3n) is 4.06. The Bertz CT molecular complexity index is 961. The lowest BCUT2D eigenvalue weighted by atomic mass is 10.2. The van der Waals surface area contributed by atoms with Crippen LogP contribution in [0.4, 0.5) is 11.4 Å². The molecule has 0 aliphatic carbocycles. The number of nitrogens with one attached hydrogen (secondary N) is 2. The van der Waals surface area contributed by atoms with Crippen molar-refractivity contribution in [2.24, 2.45) is 0 Å². The first-order valence-electron chi connectivity index (χ1n) is 8.57. The van der Waals surface area contributed by atoms with Crippen molar-refractivity contribution in [1.29, 1.82) is 0 Å². The van der Waals surface area contributed by atoms with Crippen LogP contribution < -0.4 is 20.1 Å². The van der Waals surface area contributed by atoms with E-state index in [0.29, 0.717) is 23.0 Å². The zero-order chi connectivity index (χ0) is 19.9. The van der Waals surface area contributed by atoms with Gasteiger partial charge >= 0.3 is 0 Å². The fourth-order valence-electron chi connectivity index (χ4n) is 2.58. The summed E-state index contributed by atoms with van der Waals surface area (Å²) in [6.07, 6.45) is 1.58. The summed E-state index contributed by atoms with van der Waals surface area (Å²) >= 11 is 6.01. The van der Waals surface area contributed by atoms with Crippen LogP contribution in [0.25, 0.3) is 0 Å². The maximum Gasteiger partial charge on any atom is 0.274 e. The van der Waals surface area contributed by atoms with Crippen LogP contribution in [-0.2, 0) is 6.54 Å². The smallest absolute Gasteiger partial charge is 0.274 e. The van der Waals surface area contributed by atoms with Gasteiger partial charge in [-0.05, 0) is 48.0 Å². The van der Waals surface area contributed by atoms with Crippen LogP contribution >= 0.6 is 11.6 Å². The molecule has 1 heterocycles. The number of benzene rings is 2. The van der Waals surface area contributed by atoms with Crippen LogP contribution in [0.5, 0.6) is 11.5 Å². The summed E-state index contributed by atoms with van der Waals surface area (Å²) < 4.78 is 10.4. The Kier molecular flexibility index (Phi) is 6.34. The molecule has 6 nitrogen and oxygen atoms in total. The molecule has 0 saturated carbocycles. The van der Waals surface area contributed by atoms with Crippen molar-refractivity contribution < 1.29 is 14.3 Å². The van der Waals surface area contributed by atoms with Gasteiger partial charge in [-0.25, -0.2) is 0 Å². The number of hydrogen-bond acceptors (Lipinski definition) is 5. The molecule has 0 aliphatic heterocycles. The summed E-state index contributed by atoms with van der Waals surface area (Å²) in [4.78, 5) is 16.7. The van der Waals surface area contributed by atoms with Crippen LogP contribution in [0, 0.1) is 0 Å². The minimum Gasteiger partial charge on any atom is -0.497 e.